The number of fused-ring (bicyclic) bond motifs is 1. The first-order valence-corrected chi connectivity index (χ1v) is 8.76. The largest absolute Gasteiger partial charge is 0.372 e. The van der Waals surface area contributed by atoms with Crippen molar-refractivity contribution < 1.29 is 4.79 Å². The monoisotopic (exact) mass is 334 g/mol. The van der Waals surface area contributed by atoms with Crippen molar-refractivity contribution in [3.05, 3.63) is 60.0 Å². The molecule has 1 N–H and O–H groups in total. The molecule has 2 aromatic heterocycles. The summed E-state index contributed by atoms with van der Waals surface area (Å²) in [7, 11) is 0. The van der Waals surface area contributed by atoms with E-state index in [0.29, 0.717) is 0 Å². The van der Waals surface area contributed by atoms with E-state index in [1.54, 1.807) is 0 Å². The first-order chi connectivity index (χ1) is 12.2. The highest BCUT2D eigenvalue weighted by molar-refractivity contribution is 5.92. The number of carbonyl (C=O) groups excluding carboxylic acids is 1. The molecule has 1 aromatic carbocycles. The van der Waals surface area contributed by atoms with Crippen LogP contribution in [0.15, 0.2) is 48.8 Å². The molecule has 0 spiro atoms. The van der Waals surface area contributed by atoms with Crippen LogP contribution in [0.2, 0.25) is 0 Å². The molecule has 3 aromatic rings. The number of nitrogens with one attached hydrogen (secondary N) is 1. The molecule has 4 rings (SSSR count). The number of benzene rings is 1. The molecule has 1 aliphatic heterocycles. The fourth-order valence-electron chi connectivity index (χ4n) is 3.32. The summed E-state index contributed by atoms with van der Waals surface area (Å²) in [6.45, 7) is 4.28. The van der Waals surface area contributed by atoms with Crippen molar-refractivity contribution in [2.24, 2.45) is 0 Å². The first-order valence-electron chi connectivity index (χ1n) is 8.76. The van der Waals surface area contributed by atoms with E-state index in [9.17, 15) is 4.79 Å². The van der Waals surface area contributed by atoms with Gasteiger partial charge in [0.1, 0.15) is 5.65 Å². The standard InChI is InChI=1S/C20H22N4O/c1-15-8-11-24-14-17(21-19(24)12-15)13-20(25)22-16-4-6-18(7-5-16)23-9-2-3-10-23/h4-8,11-12,14H,2-3,9-10,13H2,1H3,(H,22,25). The second-order valence-corrected chi connectivity index (χ2v) is 6.67. The number of anilines is 2. The van der Waals surface area contributed by atoms with Crippen LogP contribution in [0.4, 0.5) is 11.4 Å². The van der Waals surface area contributed by atoms with Gasteiger partial charge in [-0.1, -0.05) is 0 Å². The molecular formula is C20H22N4O. The lowest BCUT2D eigenvalue weighted by Crippen LogP contribution is -2.18. The summed E-state index contributed by atoms with van der Waals surface area (Å²) >= 11 is 0. The Balaban J connectivity index is 1.40. The van der Waals surface area contributed by atoms with Gasteiger partial charge in [0.2, 0.25) is 5.91 Å². The third-order valence-electron chi connectivity index (χ3n) is 4.63. The Morgan fingerprint density at radius 3 is 2.68 bits per heavy atom. The van der Waals surface area contributed by atoms with E-state index >= 15 is 0 Å². The van der Waals surface area contributed by atoms with Crippen molar-refractivity contribution in [2.45, 2.75) is 26.2 Å². The minimum Gasteiger partial charge on any atom is -0.372 e. The van der Waals surface area contributed by atoms with E-state index in [1.165, 1.54) is 18.5 Å². The molecule has 0 radical (unpaired) electrons. The maximum absolute atomic E-state index is 12.3. The van der Waals surface area contributed by atoms with E-state index in [0.717, 1.165) is 35.7 Å². The van der Waals surface area contributed by atoms with E-state index in [-0.39, 0.29) is 12.3 Å². The molecule has 0 aliphatic carbocycles. The van der Waals surface area contributed by atoms with Gasteiger partial charge in [0.15, 0.2) is 0 Å². The van der Waals surface area contributed by atoms with E-state index in [2.05, 4.69) is 27.3 Å². The molecule has 128 valence electrons. The number of nitrogens with zero attached hydrogens (tertiary/aromatic N) is 3. The Kier molecular flexibility index (Phi) is 4.14. The number of aromatic nitrogens is 2. The van der Waals surface area contributed by atoms with Gasteiger partial charge < -0.3 is 14.6 Å². The normalized spacial score (nSPS) is 14.2. The highest BCUT2D eigenvalue weighted by Crippen LogP contribution is 2.22. The van der Waals surface area contributed by atoms with Crippen LogP contribution in [0.3, 0.4) is 0 Å². The molecule has 3 heterocycles. The number of rotatable bonds is 4. The number of carbonyl (C=O) groups is 1. The zero-order chi connectivity index (χ0) is 17.2. The molecule has 1 amide bonds. The zero-order valence-corrected chi connectivity index (χ0v) is 14.4. The van der Waals surface area contributed by atoms with Crippen LogP contribution in [0.1, 0.15) is 24.1 Å². The summed E-state index contributed by atoms with van der Waals surface area (Å²) in [5, 5.41) is 2.96. The average Bonchev–Trinajstić information content (AvgIpc) is 3.24. The Morgan fingerprint density at radius 2 is 1.92 bits per heavy atom. The lowest BCUT2D eigenvalue weighted by Gasteiger charge is -2.17. The van der Waals surface area contributed by atoms with Crippen molar-refractivity contribution in [1.29, 1.82) is 0 Å². The summed E-state index contributed by atoms with van der Waals surface area (Å²) in [5.41, 5.74) is 4.86. The van der Waals surface area contributed by atoms with Gasteiger partial charge in [0, 0.05) is 36.9 Å². The first kappa shape index (κ1) is 15.7. The van der Waals surface area contributed by atoms with Crippen molar-refractivity contribution in [3.63, 3.8) is 0 Å². The van der Waals surface area contributed by atoms with Gasteiger partial charge in [-0.15, -0.1) is 0 Å². The van der Waals surface area contributed by atoms with Gasteiger partial charge in [0.25, 0.3) is 0 Å². The number of imidazole rings is 1. The van der Waals surface area contributed by atoms with Crippen LogP contribution in [-0.2, 0) is 11.2 Å². The van der Waals surface area contributed by atoms with Gasteiger partial charge in [-0.05, 0) is 61.7 Å². The number of aryl methyl sites for hydroxylation is 1. The van der Waals surface area contributed by atoms with Crippen LogP contribution in [0, 0.1) is 6.92 Å². The van der Waals surface area contributed by atoms with Crippen LogP contribution in [0.5, 0.6) is 0 Å². The predicted molar refractivity (Wildman–Crippen MR) is 100 cm³/mol. The second-order valence-electron chi connectivity index (χ2n) is 6.67. The molecule has 1 saturated heterocycles. The van der Waals surface area contributed by atoms with Gasteiger partial charge in [-0.2, -0.15) is 0 Å². The zero-order valence-electron chi connectivity index (χ0n) is 14.4. The predicted octanol–water partition coefficient (Wildman–Crippen LogP) is 3.42. The Bertz CT molecular complexity index is 892. The molecule has 1 aliphatic rings. The van der Waals surface area contributed by atoms with Gasteiger partial charge in [-0.25, -0.2) is 4.98 Å². The van der Waals surface area contributed by atoms with Gasteiger partial charge in [-0.3, -0.25) is 4.79 Å². The van der Waals surface area contributed by atoms with E-state index in [1.807, 2.05) is 48.0 Å². The molecule has 5 heteroatoms. The van der Waals surface area contributed by atoms with Crippen molar-refractivity contribution in [2.75, 3.05) is 23.3 Å². The second kappa shape index (κ2) is 6.59. The van der Waals surface area contributed by atoms with Crippen molar-refractivity contribution >= 4 is 22.9 Å². The molecule has 0 atom stereocenters. The molecular weight excluding hydrogens is 312 g/mol. The summed E-state index contributed by atoms with van der Waals surface area (Å²) in [6, 6.07) is 12.1. The van der Waals surface area contributed by atoms with Crippen LogP contribution in [-0.4, -0.2) is 28.4 Å². The minimum atomic E-state index is -0.0472. The van der Waals surface area contributed by atoms with Crippen LogP contribution >= 0.6 is 0 Å². The lowest BCUT2D eigenvalue weighted by atomic mass is 10.2. The number of pyridine rings is 1. The highest BCUT2D eigenvalue weighted by atomic mass is 16.1. The molecule has 5 nitrogen and oxygen atoms in total. The summed E-state index contributed by atoms with van der Waals surface area (Å²) in [6.07, 6.45) is 6.67. The van der Waals surface area contributed by atoms with Crippen molar-refractivity contribution in [3.8, 4) is 0 Å². The minimum absolute atomic E-state index is 0.0472. The smallest absolute Gasteiger partial charge is 0.230 e. The SMILES string of the molecule is Cc1ccn2cc(CC(=O)Nc3ccc(N4CCCC4)cc3)nc2c1. The molecule has 0 bridgehead atoms. The lowest BCUT2D eigenvalue weighted by molar-refractivity contribution is -0.115. The van der Waals surface area contributed by atoms with Crippen LogP contribution in [0.25, 0.3) is 5.65 Å². The van der Waals surface area contributed by atoms with Crippen LogP contribution < -0.4 is 10.2 Å². The number of amides is 1. The Labute approximate surface area is 147 Å². The average molecular weight is 334 g/mol. The highest BCUT2D eigenvalue weighted by Gasteiger charge is 2.12. The molecule has 1 fully saturated rings. The number of hydrogen-bond donors (Lipinski definition) is 1. The Hall–Kier alpha value is -2.82. The van der Waals surface area contributed by atoms with Gasteiger partial charge in [0.05, 0.1) is 12.1 Å². The maximum Gasteiger partial charge on any atom is 0.230 e. The number of hydrogen-bond acceptors (Lipinski definition) is 3. The fraction of sp³-hybridized carbons (Fsp3) is 0.300. The quantitative estimate of drug-likeness (QED) is 0.795. The molecule has 0 unspecified atom stereocenters. The van der Waals surface area contributed by atoms with Crippen molar-refractivity contribution in [1.82, 2.24) is 9.38 Å². The third-order valence-corrected chi connectivity index (χ3v) is 4.63. The molecule has 0 saturated carbocycles. The molecule has 25 heavy (non-hydrogen) atoms. The Morgan fingerprint density at radius 1 is 1.16 bits per heavy atom. The maximum atomic E-state index is 12.3. The fourth-order valence-corrected chi connectivity index (χ4v) is 3.32. The summed E-state index contributed by atoms with van der Waals surface area (Å²) < 4.78 is 1.94. The summed E-state index contributed by atoms with van der Waals surface area (Å²) in [4.78, 5) is 19.2. The van der Waals surface area contributed by atoms with E-state index < -0.39 is 0 Å². The topological polar surface area (TPSA) is 49.6 Å². The summed E-state index contributed by atoms with van der Waals surface area (Å²) in [5.74, 6) is -0.0472. The van der Waals surface area contributed by atoms with E-state index in [4.69, 9.17) is 0 Å². The van der Waals surface area contributed by atoms with Gasteiger partial charge >= 0.3 is 0 Å². The third kappa shape index (κ3) is 3.50.